The molecule has 0 spiro atoms. The van der Waals surface area contributed by atoms with Crippen LogP contribution in [0.15, 0.2) is 34.7 Å². The van der Waals surface area contributed by atoms with Gasteiger partial charge in [0, 0.05) is 67.2 Å². The van der Waals surface area contributed by atoms with Gasteiger partial charge in [0.2, 0.25) is 5.43 Å². The number of aliphatic hydroxyl groups is 1. The lowest BCUT2D eigenvalue weighted by Crippen LogP contribution is -2.45. The number of nitrogens with zero attached hydrogens (tertiary/aromatic N) is 6. The maximum Gasteiger partial charge on any atom is 0.434 e. The number of aromatic carboxylic acids is 1. The van der Waals surface area contributed by atoms with Gasteiger partial charge in [-0.3, -0.25) is 10.1 Å². The van der Waals surface area contributed by atoms with Gasteiger partial charge in [-0.1, -0.05) is 20.8 Å². The van der Waals surface area contributed by atoms with Crippen molar-refractivity contribution in [2.45, 2.75) is 39.9 Å². The average Bonchev–Trinajstić information content (AvgIpc) is 3.53. The molecule has 1 saturated heterocycles. The minimum atomic E-state index is -4.71. The molecule has 0 saturated carbocycles. The number of amides is 2. The maximum absolute atomic E-state index is 13.8. The number of rotatable bonds is 8. The van der Waals surface area contributed by atoms with E-state index in [9.17, 15) is 37.8 Å². The van der Waals surface area contributed by atoms with Crippen LogP contribution < -0.4 is 21.0 Å². The average molecular weight is 703 g/mol. The SMILES string of the molecule is CCNC(=O)Nc1cc(-c2nc(C(F)(F)F)cs2)c(-c2cc3c(=O)c(C(=O)O)cn([C@H](CO)C(C)(C)C)c3nc2N2CCN(C)CC2)cn1. The van der Waals surface area contributed by atoms with E-state index in [2.05, 4.69) is 25.5 Å². The number of thiazole rings is 1. The maximum atomic E-state index is 13.8. The molecule has 0 radical (unpaired) electrons. The molecule has 1 fully saturated rings. The molecule has 5 rings (SSSR count). The molecular weight excluding hydrogens is 665 g/mol. The van der Waals surface area contributed by atoms with Crippen molar-refractivity contribution in [3.63, 3.8) is 0 Å². The number of hydrogen-bond donors (Lipinski definition) is 4. The van der Waals surface area contributed by atoms with Gasteiger partial charge < -0.3 is 29.9 Å². The van der Waals surface area contributed by atoms with Crippen molar-refractivity contribution in [3.05, 3.63) is 51.4 Å². The molecule has 262 valence electrons. The molecule has 4 aromatic rings. The summed E-state index contributed by atoms with van der Waals surface area (Å²) >= 11 is 0.744. The first-order chi connectivity index (χ1) is 23.0. The minimum absolute atomic E-state index is 0.0297. The lowest BCUT2D eigenvalue weighted by Gasteiger charge is -2.35. The van der Waals surface area contributed by atoms with Gasteiger partial charge in [0.15, 0.2) is 5.69 Å². The Labute approximate surface area is 283 Å². The number of nitrogens with one attached hydrogen (secondary N) is 2. The summed E-state index contributed by atoms with van der Waals surface area (Å²) in [6, 6.07) is 1.62. The first kappa shape index (κ1) is 35.7. The highest BCUT2D eigenvalue weighted by molar-refractivity contribution is 7.13. The van der Waals surface area contributed by atoms with Gasteiger partial charge in [0.25, 0.3) is 0 Å². The molecule has 13 nitrogen and oxygen atoms in total. The third-order valence-electron chi connectivity index (χ3n) is 8.32. The van der Waals surface area contributed by atoms with E-state index in [0.717, 1.165) is 16.7 Å². The number of hydrogen-bond acceptors (Lipinski definition) is 10. The highest BCUT2D eigenvalue weighted by Crippen LogP contribution is 2.42. The third kappa shape index (κ3) is 7.38. The monoisotopic (exact) mass is 702 g/mol. The van der Waals surface area contributed by atoms with Crippen LogP contribution in [0.3, 0.4) is 0 Å². The van der Waals surface area contributed by atoms with E-state index in [1.54, 1.807) is 6.92 Å². The van der Waals surface area contributed by atoms with Gasteiger partial charge in [-0.15, -0.1) is 11.3 Å². The Morgan fingerprint density at radius 2 is 1.76 bits per heavy atom. The van der Waals surface area contributed by atoms with Crippen molar-refractivity contribution in [2.24, 2.45) is 5.41 Å². The molecule has 0 bridgehead atoms. The van der Waals surface area contributed by atoms with E-state index in [1.165, 1.54) is 29.1 Å². The van der Waals surface area contributed by atoms with Gasteiger partial charge in [0.1, 0.15) is 27.9 Å². The first-order valence-electron chi connectivity index (χ1n) is 15.5. The second kappa shape index (κ2) is 13.7. The molecule has 17 heteroatoms. The molecule has 5 heterocycles. The normalized spacial score (nSPS) is 15.0. The van der Waals surface area contributed by atoms with E-state index < -0.39 is 46.3 Å². The minimum Gasteiger partial charge on any atom is -0.477 e. The van der Waals surface area contributed by atoms with Gasteiger partial charge >= 0.3 is 18.2 Å². The van der Waals surface area contributed by atoms with Gasteiger partial charge in [-0.05, 0) is 31.5 Å². The summed E-state index contributed by atoms with van der Waals surface area (Å²) in [4.78, 5) is 55.8. The Balaban J connectivity index is 1.86. The zero-order valence-electron chi connectivity index (χ0n) is 27.6. The molecule has 0 aromatic carbocycles. The Hall–Kier alpha value is -4.61. The number of aliphatic hydroxyl groups excluding tert-OH is 1. The number of urea groups is 1. The predicted molar refractivity (Wildman–Crippen MR) is 180 cm³/mol. The lowest BCUT2D eigenvalue weighted by molar-refractivity contribution is -0.140. The number of alkyl halides is 3. The third-order valence-corrected chi connectivity index (χ3v) is 9.20. The molecule has 4 N–H and O–H groups in total. The van der Waals surface area contributed by atoms with Crippen molar-refractivity contribution in [1.82, 2.24) is 29.7 Å². The molecule has 0 unspecified atom stereocenters. The van der Waals surface area contributed by atoms with Crippen molar-refractivity contribution in [2.75, 3.05) is 56.6 Å². The summed E-state index contributed by atoms with van der Waals surface area (Å²) in [6.45, 7) is 9.60. The van der Waals surface area contributed by atoms with E-state index in [1.807, 2.05) is 32.7 Å². The molecule has 0 aliphatic carbocycles. The van der Waals surface area contributed by atoms with Crippen molar-refractivity contribution in [1.29, 1.82) is 0 Å². The number of piperazine rings is 1. The Bertz CT molecular complexity index is 1950. The summed E-state index contributed by atoms with van der Waals surface area (Å²) in [5, 5.41) is 26.4. The number of likely N-dealkylation sites (N-methyl/N-ethyl adjacent to an activating group) is 1. The fraction of sp³-hybridized carbons (Fsp3) is 0.438. The molecule has 49 heavy (non-hydrogen) atoms. The number of carboxylic acid groups (broad SMARTS) is 1. The van der Waals surface area contributed by atoms with Gasteiger partial charge in [-0.25, -0.2) is 24.5 Å². The van der Waals surface area contributed by atoms with Gasteiger partial charge in [-0.2, -0.15) is 13.2 Å². The number of carboxylic acids is 1. The Kier molecular flexibility index (Phi) is 9.99. The lowest BCUT2D eigenvalue weighted by atomic mass is 9.86. The van der Waals surface area contributed by atoms with Crippen molar-refractivity contribution < 1.29 is 33.0 Å². The van der Waals surface area contributed by atoms with Crippen LogP contribution in [0.25, 0.3) is 32.7 Å². The number of carbonyl (C=O) groups is 2. The first-order valence-corrected chi connectivity index (χ1v) is 16.4. The zero-order chi connectivity index (χ0) is 35.8. The number of halogens is 3. The summed E-state index contributed by atoms with van der Waals surface area (Å²) in [7, 11) is 1.97. The molecule has 1 aliphatic rings. The highest BCUT2D eigenvalue weighted by atomic mass is 32.1. The van der Waals surface area contributed by atoms with Crippen LogP contribution in [0.5, 0.6) is 0 Å². The van der Waals surface area contributed by atoms with Crippen molar-refractivity contribution >= 4 is 46.0 Å². The van der Waals surface area contributed by atoms with E-state index in [4.69, 9.17) is 4.98 Å². The molecule has 1 aliphatic heterocycles. The summed E-state index contributed by atoms with van der Waals surface area (Å²) < 4.78 is 42.6. The van der Waals surface area contributed by atoms with Crippen LogP contribution in [0.2, 0.25) is 0 Å². The number of carbonyl (C=O) groups excluding carboxylic acids is 1. The quantitative estimate of drug-likeness (QED) is 0.201. The molecule has 2 amide bonds. The summed E-state index contributed by atoms with van der Waals surface area (Å²) in [5.74, 6) is -1.06. The fourth-order valence-corrected chi connectivity index (χ4v) is 6.51. The standard InChI is InChI=1S/C32H37F3N8O5S/c1-6-36-30(48)39-24-12-18(28-38-22(16-49-28)32(33,34)35)20(13-37-24)17-11-19-25(45)21(29(46)47)14-43(23(15-44)31(2,3)4)27(19)40-26(17)42-9-7-41(5)8-10-42/h11-14,16,23,44H,6-10,15H2,1-5H3,(H,46,47)(H2,36,37,39,48)/t23-/m1/s1. The van der Waals surface area contributed by atoms with Crippen LogP contribution in [0, 0.1) is 5.41 Å². The topological polar surface area (TPSA) is 166 Å². The van der Waals surface area contributed by atoms with Crippen LogP contribution in [0.4, 0.5) is 29.6 Å². The number of pyridine rings is 3. The Morgan fingerprint density at radius 3 is 2.33 bits per heavy atom. The second-order valence-electron chi connectivity index (χ2n) is 12.8. The van der Waals surface area contributed by atoms with Crippen LogP contribution in [0.1, 0.15) is 49.8 Å². The van der Waals surface area contributed by atoms with Crippen LogP contribution in [-0.2, 0) is 6.18 Å². The summed E-state index contributed by atoms with van der Waals surface area (Å²) in [5.41, 5.74) is -2.17. The smallest absolute Gasteiger partial charge is 0.434 e. The summed E-state index contributed by atoms with van der Waals surface area (Å²) in [6.07, 6.45) is -2.16. The predicted octanol–water partition coefficient (Wildman–Crippen LogP) is 4.77. The van der Waals surface area contributed by atoms with E-state index >= 15 is 0 Å². The second-order valence-corrected chi connectivity index (χ2v) is 13.7. The number of aromatic nitrogens is 4. The van der Waals surface area contributed by atoms with E-state index in [0.29, 0.717) is 44.1 Å². The number of fused-ring (bicyclic) bond motifs is 1. The molecule has 4 aromatic heterocycles. The largest absolute Gasteiger partial charge is 0.477 e. The fourth-order valence-electron chi connectivity index (χ4n) is 5.65. The van der Waals surface area contributed by atoms with E-state index in [-0.39, 0.29) is 39.6 Å². The van der Waals surface area contributed by atoms with Crippen LogP contribution in [-0.4, -0.2) is 93.0 Å². The number of anilines is 2. The van der Waals surface area contributed by atoms with Gasteiger partial charge in [0.05, 0.1) is 18.0 Å². The van der Waals surface area contributed by atoms with Crippen LogP contribution >= 0.6 is 11.3 Å². The molecule has 1 atom stereocenters. The Morgan fingerprint density at radius 1 is 1.06 bits per heavy atom. The highest BCUT2D eigenvalue weighted by Gasteiger charge is 2.35. The molecular formula is C32H37F3N8O5S. The van der Waals surface area contributed by atoms with Crippen molar-refractivity contribution in [3.8, 4) is 21.7 Å². The zero-order valence-corrected chi connectivity index (χ0v) is 28.4.